The molecule has 1 aromatic heterocycles. The van der Waals surface area contributed by atoms with Crippen LogP contribution in [0.3, 0.4) is 0 Å². The molecule has 0 amide bonds. The van der Waals surface area contributed by atoms with E-state index >= 15 is 0 Å². The Morgan fingerprint density at radius 1 is 1.00 bits per heavy atom. The van der Waals surface area contributed by atoms with Gasteiger partial charge in [0.2, 0.25) is 0 Å². The zero-order chi connectivity index (χ0) is 19.9. The largest absolute Gasteiger partial charge is 1.00 e. The molecule has 0 radical (unpaired) electrons. The fourth-order valence-electron chi connectivity index (χ4n) is 4.52. The van der Waals surface area contributed by atoms with E-state index in [1.165, 1.54) is 70.3 Å². The maximum Gasteiger partial charge on any atom is 1.00 e. The fraction of sp³-hybridized carbons (Fsp3) is 0.520. The average Bonchev–Trinajstić information content (AvgIpc) is 3.05. The van der Waals surface area contributed by atoms with E-state index < -0.39 is 0 Å². The van der Waals surface area contributed by atoms with Crippen molar-refractivity contribution in [1.82, 2.24) is 14.8 Å². The Kier molecular flexibility index (Phi) is 13.1. The minimum absolute atomic E-state index is 0. The van der Waals surface area contributed by atoms with Crippen LogP contribution in [0.25, 0.3) is 0 Å². The summed E-state index contributed by atoms with van der Waals surface area (Å²) >= 11 is 1.68. The quantitative estimate of drug-likeness (QED) is 0.401. The van der Waals surface area contributed by atoms with Gasteiger partial charge in [-0.3, -0.25) is 9.80 Å². The maximum atomic E-state index is 5.31. The summed E-state index contributed by atoms with van der Waals surface area (Å²) in [5.74, 6) is 0.884. The molecule has 1 saturated carbocycles. The van der Waals surface area contributed by atoms with E-state index in [9.17, 15) is 0 Å². The summed E-state index contributed by atoms with van der Waals surface area (Å²) in [6.07, 6.45) is 10.6. The number of hydrogen-bond acceptors (Lipinski definition) is 5. The van der Waals surface area contributed by atoms with Gasteiger partial charge in [-0.25, -0.2) is 4.98 Å². The van der Waals surface area contributed by atoms with Crippen molar-refractivity contribution in [3.05, 3.63) is 55.6 Å². The first-order chi connectivity index (χ1) is 14.3. The Bertz CT molecular complexity index is 758. The summed E-state index contributed by atoms with van der Waals surface area (Å²) in [5.41, 5.74) is 1.31. The molecule has 2 heterocycles. The number of methoxy groups -OCH3 is 1. The van der Waals surface area contributed by atoms with Crippen LogP contribution in [0.2, 0.25) is 0 Å². The van der Waals surface area contributed by atoms with E-state index in [1.807, 2.05) is 24.4 Å². The van der Waals surface area contributed by atoms with Gasteiger partial charge in [0, 0.05) is 49.9 Å². The number of benzene rings is 1. The fourth-order valence-corrected chi connectivity index (χ4v) is 5.32. The second kappa shape index (κ2) is 14.7. The minimum Gasteiger partial charge on any atom is -0.497 e. The van der Waals surface area contributed by atoms with Gasteiger partial charge < -0.3 is 12.2 Å². The average molecular weight is 560 g/mol. The van der Waals surface area contributed by atoms with E-state index in [2.05, 4.69) is 33.0 Å². The molecular weight excluding hydrogens is 523 g/mol. The molecule has 0 unspecified atom stereocenters. The molecule has 1 aliphatic carbocycles. The van der Waals surface area contributed by atoms with Gasteiger partial charge in [-0.2, -0.15) is 0 Å². The third-order valence-corrected chi connectivity index (χ3v) is 7.16. The van der Waals surface area contributed by atoms with Gasteiger partial charge in [-0.15, -0.1) is 0 Å². The van der Waals surface area contributed by atoms with Crippen molar-refractivity contribution in [2.24, 2.45) is 0 Å². The topological polar surface area (TPSA) is 28.6 Å². The van der Waals surface area contributed by atoms with Crippen molar-refractivity contribution in [3.8, 4) is 5.75 Å². The smallest absolute Gasteiger partial charge is 0.497 e. The van der Waals surface area contributed by atoms with Crippen LogP contribution in [0.15, 0.2) is 52.5 Å². The van der Waals surface area contributed by atoms with Gasteiger partial charge in [-0.1, -0.05) is 49.6 Å². The van der Waals surface area contributed by atoms with Crippen LogP contribution in [-0.2, 0) is 6.54 Å². The summed E-state index contributed by atoms with van der Waals surface area (Å²) in [4.78, 5) is 11.2. The molecule has 31 heavy (non-hydrogen) atoms. The number of ether oxygens (including phenoxy) is 1. The van der Waals surface area contributed by atoms with Crippen LogP contribution < -0.4 is 73.6 Å². The van der Waals surface area contributed by atoms with Crippen molar-refractivity contribution in [1.29, 1.82) is 0 Å². The molecule has 4 nitrogen and oxygen atoms in total. The van der Waals surface area contributed by atoms with Crippen molar-refractivity contribution in [2.75, 3.05) is 33.3 Å². The first-order valence-electron chi connectivity index (χ1n) is 11.0. The SMILES string of the molecule is COc1cccc(Sc2ccc(CN3CCN(C4CCCCCC4)CC3)cn2)c1.[CH3-].[Cs+]. The second-order valence-corrected chi connectivity index (χ2v) is 9.34. The summed E-state index contributed by atoms with van der Waals surface area (Å²) in [6, 6.07) is 13.3. The first-order valence-corrected chi connectivity index (χ1v) is 11.8. The van der Waals surface area contributed by atoms with Crippen LogP contribution >= 0.6 is 11.8 Å². The van der Waals surface area contributed by atoms with Crippen molar-refractivity contribution in [3.63, 3.8) is 0 Å². The van der Waals surface area contributed by atoms with E-state index in [1.54, 1.807) is 18.9 Å². The maximum absolute atomic E-state index is 5.31. The molecule has 2 aliphatic rings. The number of piperazine rings is 1. The summed E-state index contributed by atoms with van der Waals surface area (Å²) in [5, 5.41) is 1.03. The second-order valence-electron chi connectivity index (χ2n) is 8.24. The zero-order valence-corrected chi connectivity index (χ0v) is 26.7. The molecule has 0 atom stereocenters. The third-order valence-electron chi connectivity index (χ3n) is 6.22. The molecule has 4 rings (SSSR count). The number of nitrogens with zero attached hydrogens (tertiary/aromatic N) is 3. The molecule has 1 aliphatic heterocycles. The Morgan fingerprint density at radius 2 is 1.74 bits per heavy atom. The molecule has 164 valence electrons. The summed E-state index contributed by atoms with van der Waals surface area (Å²) in [6.45, 7) is 5.81. The van der Waals surface area contributed by atoms with Crippen molar-refractivity contribution < 1.29 is 73.6 Å². The molecule has 1 aromatic carbocycles. The standard InChI is InChI=1S/C24H33N3OS.CH3.Cs/c1-28-22-9-6-10-23(17-22)29-24-12-11-20(18-25-24)19-26-13-15-27(16-14-26)21-7-4-2-3-5-8-21;;/h6,9-12,17-18,21H,2-5,7-8,13-16,19H2,1H3;1H3;/q;-1;+1. The summed E-state index contributed by atoms with van der Waals surface area (Å²) < 4.78 is 5.31. The van der Waals surface area contributed by atoms with Crippen LogP contribution in [0.1, 0.15) is 44.1 Å². The molecule has 0 bridgehead atoms. The third kappa shape index (κ3) is 8.65. The van der Waals surface area contributed by atoms with Gasteiger partial charge in [-0.05, 0) is 42.7 Å². The molecule has 6 heteroatoms. The van der Waals surface area contributed by atoms with Gasteiger partial charge >= 0.3 is 68.9 Å². The Labute approximate surface area is 252 Å². The van der Waals surface area contributed by atoms with Crippen LogP contribution in [0, 0.1) is 7.43 Å². The van der Waals surface area contributed by atoms with Crippen LogP contribution in [-0.4, -0.2) is 54.1 Å². The summed E-state index contributed by atoms with van der Waals surface area (Å²) in [7, 11) is 1.70. The van der Waals surface area contributed by atoms with Crippen LogP contribution in [0.5, 0.6) is 5.75 Å². The molecule has 2 fully saturated rings. The predicted molar refractivity (Wildman–Crippen MR) is 126 cm³/mol. The Balaban J connectivity index is 0.00000171. The van der Waals surface area contributed by atoms with E-state index in [0.29, 0.717) is 0 Å². The zero-order valence-electron chi connectivity index (χ0n) is 19.6. The van der Waals surface area contributed by atoms with E-state index in [-0.39, 0.29) is 76.3 Å². The minimum atomic E-state index is 0. The Hall–Kier alpha value is 0.492. The molecule has 1 saturated heterocycles. The molecule has 0 spiro atoms. The molecular formula is C25H36CsN3OS. The number of pyridine rings is 1. The molecule has 2 aromatic rings. The van der Waals surface area contributed by atoms with Gasteiger partial charge in [0.1, 0.15) is 10.8 Å². The normalized spacial score (nSPS) is 18.5. The van der Waals surface area contributed by atoms with Gasteiger partial charge in [0.05, 0.1) is 7.11 Å². The molecule has 0 N–H and O–H groups in total. The van der Waals surface area contributed by atoms with E-state index in [4.69, 9.17) is 4.74 Å². The first kappa shape index (κ1) is 27.7. The van der Waals surface area contributed by atoms with Crippen molar-refractivity contribution in [2.45, 2.75) is 61.0 Å². The van der Waals surface area contributed by atoms with Crippen molar-refractivity contribution >= 4 is 11.8 Å². The monoisotopic (exact) mass is 559 g/mol. The van der Waals surface area contributed by atoms with Gasteiger partial charge in [0.15, 0.2) is 0 Å². The Morgan fingerprint density at radius 3 is 2.39 bits per heavy atom. The van der Waals surface area contributed by atoms with E-state index in [0.717, 1.165) is 28.3 Å². The number of hydrogen-bond donors (Lipinski definition) is 0. The van der Waals surface area contributed by atoms with Gasteiger partial charge in [0.25, 0.3) is 0 Å². The number of aromatic nitrogens is 1. The van der Waals surface area contributed by atoms with Crippen LogP contribution in [0.4, 0.5) is 0 Å². The number of rotatable bonds is 6. The predicted octanol–water partition coefficient (Wildman–Crippen LogP) is 2.54.